The molecule has 0 aromatic heterocycles. The molecular weight excluding hydrogens is 310 g/mol. The first-order chi connectivity index (χ1) is 10.5. The molecule has 1 fully saturated rings. The van der Waals surface area contributed by atoms with Crippen molar-refractivity contribution in [3.63, 3.8) is 0 Å². The van der Waals surface area contributed by atoms with Gasteiger partial charge in [0.15, 0.2) is 0 Å². The Morgan fingerprint density at radius 3 is 2.78 bits per heavy atom. The second-order valence-electron chi connectivity index (χ2n) is 7.37. The largest absolute Gasteiger partial charge is 0.327 e. The third kappa shape index (κ3) is 3.87. The van der Waals surface area contributed by atoms with Gasteiger partial charge in [-0.15, -0.1) is 12.4 Å². The first kappa shape index (κ1) is 18.2. The summed E-state index contributed by atoms with van der Waals surface area (Å²) in [5.41, 5.74) is 8.67. The number of benzene rings is 1. The van der Waals surface area contributed by atoms with Crippen LogP contribution in [0.2, 0.25) is 0 Å². The number of fused-ring (bicyclic) bond motifs is 1. The molecular formula is C18H28ClN3O. The molecule has 0 aliphatic carbocycles. The van der Waals surface area contributed by atoms with E-state index in [1.807, 2.05) is 11.0 Å². The lowest BCUT2D eigenvalue weighted by atomic mass is 9.80. The SMILES string of the molecule is CC1(C)CN(CC(=O)N2CCCc3ccccc32)CCC1N.Cl. The lowest BCUT2D eigenvalue weighted by molar-refractivity contribution is -0.120. The van der Waals surface area contributed by atoms with Gasteiger partial charge in [-0.25, -0.2) is 0 Å². The van der Waals surface area contributed by atoms with Crippen molar-refractivity contribution in [3.05, 3.63) is 29.8 Å². The highest BCUT2D eigenvalue weighted by Gasteiger charge is 2.34. The normalized spacial score (nSPS) is 23.8. The topological polar surface area (TPSA) is 49.6 Å². The first-order valence-electron chi connectivity index (χ1n) is 8.33. The zero-order valence-corrected chi connectivity index (χ0v) is 14.9. The number of para-hydroxylation sites is 1. The highest BCUT2D eigenvalue weighted by molar-refractivity contribution is 5.95. The van der Waals surface area contributed by atoms with Gasteiger partial charge in [0.1, 0.15) is 0 Å². The summed E-state index contributed by atoms with van der Waals surface area (Å²) in [6.07, 6.45) is 3.10. The molecule has 0 saturated carbocycles. The van der Waals surface area contributed by atoms with Crippen LogP contribution in [0.5, 0.6) is 0 Å². The van der Waals surface area contributed by atoms with Crippen LogP contribution in [0, 0.1) is 5.41 Å². The number of piperidine rings is 1. The molecule has 0 spiro atoms. The van der Waals surface area contributed by atoms with Crippen LogP contribution in [0.25, 0.3) is 0 Å². The predicted octanol–water partition coefficient (Wildman–Crippen LogP) is 2.45. The number of carbonyl (C=O) groups excluding carboxylic acids is 1. The third-order valence-electron chi connectivity index (χ3n) is 5.16. The molecule has 1 amide bonds. The Morgan fingerprint density at radius 2 is 2.04 bits per heavy atom. The molecule has 1 aromatic rings. The van der Waals surface area contributed by atoms with Crippen molar-refractivity contribution in [2.45, 2.75) is 39.2 Å². The zero-order valence-electron chi connectivity index (χ0n) is 14.1. The Bertz CT molecular complexity index is 561. The number of hydrogen-bond acceptors (Lipinski definition) is 3. The Labute approximate surface area is 145 Å². The second kappa shape index (κ2) is 7.20. The summed E-state index contributed by atoms with van der Waals surface area (Å²) in [5.74, 6) is 0.221. The third-order valence-corrected chi connectivity index (χ3v) is 5.16. The molecule has 4 nitrogen and oxygen atoms in total. The summed E-state index contributed by atoms with van der Waals surface area (Å²) in [6.45, 7) is 7.56. The molecule has 1 atom stereocenters. The van der Waals surface area contributed by atoms with Gasteiger partial charge in [0.05, 0.1) is 6.54 Å². The Hall–Kier alpha value is -1.10. The number of aryl methyl sites for hydroxylation is 1. The van der Waals surface area contributed by atoms with Crippen LogP contribution in [0.1, 0.15) is 32.3 Å². The van der Waals surface area contributed by atoms with E-state index >= 15 is 0 Å². The summed E-state index contributed by atoms with van der Waals surface area (Å²) in [4.78, 5) is 17.0. The zero-order chi connectivity index (χ0) is 15.7. The van der Waals surface area contributed by atoms with Crippen LogP contribution in [-0.4, -0.2) is 43.0 Å². The van der Waals surface area contributed by atoms with Gasteiger partial charge in [-0.05, 0) is 36.3 Å². The van der Waals surface area contributed by atoms with Gasteiger partial charge in [-0.2, -0.15) is 0 Å². The Morgan fingerprint density at radius 1 is 1.30 bits per heavy atom. The molecule has 2 aliphatic rings. The number of amides is 1. The monoisotopic (exact) mass is 337 g/mol. The number of nitrogens with zero attached hydrogens (tertiary/aromatic N) is 2. The summed E-state index contributed by atoms with van der Waals surface area (Å²) in [5, 5.41) is 0. The quantitative estimate of drug-likeness (QED) is 0.901. The van der Waals surface area contributed by atoms with Crippen molar-refractivity contribution in [2.75, 3.05) is 31.1 Å². The lowest BCUT2D eigenvalue weighted by Crippen LogP contribution is -2.54. The van der Waals surface area contributed by atoms with E-state index in [0.717, 1.165) is 44.6 Å². The average Bonchev–Trinajstić information content (AvgIpc) is 2.50. The van der Waals surface area contributed by atoms with Crippen LogP contribution < -0.4 is 10.6 Å². The summed E-state index contributed by atoms with van der Waals surface area (Å²) in [6, 6.07) is 8.52. The van der Waals surface area contributed by atoms with Crippen LogP contribution >= 0.6 is 12.4 Å². The molecule has 2 N–H and O–H groups in total. The van der Waals surface area contributed by atoms with E-state index in [-0.39, 0.29) is 29.8 Å². The maximum atomic E-state index is 12.8. The fraction of sp³-hybridized carbons (Fsp3) is 0.611. The standard InChI is InChI=1S/C18H27N3O.ClH/c1-18(2)13-20(11-9-16(18)19)12-17(22)21-10-5-7-14-6-3-4-8-15(14)21;/h3-4,6,8,16H,5,7,9-13,19H2,1-2H3;1H. The number of anilines is 1. The Kier molecular flexibility index (Phi) is 5.71. The minimum atomic E-state index is 0. The van der Waals surface area contributed by atoms with E-state index in [0.29, 0.717) is 6.54 Å². The van der Waals surface area contributed by atoms with Gasteiger partial charge < -0.3 is 10.6 Å². The average molecular weight is 338 g/mol. The van der Waals surface area contributed by atoms with Crippen LogP contribution in [0.3, 0.4) is 0 Å². The van der Waals surface area contributed by atoms with Crippen molar-refractivity contribution in [2.24, 2.45) is 11.1 Å². The number of carbonyl (C=O) groups is 1. The molecule has 2 heterocycles. The molecule has 0 radical (unpaired) electrons. The fourth-order valence-corrected chi connectivity index (χ4v) is 3.69. The van der Waals surface area contributed by atoms with E-state index in [1.54, 1.807) is 0 Å². The van der Waals surface area contributed by atoms with Crippen molar-refractivity contribution in [1.82, 2.24) is 4.90 Å². The fourth-order valence-electron chi connectivity index (χ4n) is 3.69. The highest BCUT2D eigenvalue weighted by Crippen LogP contribution is 2.29. The predicted molar refractivity (Wildman–Crippen MR) is 97.2 cm³/mol. The van der Waals surface area contributed by atoms with Crippen LogP contribution in [-0.2, 0) is 11.2 Å². The maximum Gasteiger partial charge on any atom is 0.241 e. The minimum Gasteiger partial charge on any atom is -0.327 e. The van der Waals surface area contributed by atoms with Crippen LogP contribution in [0.15, 0.2) is 24.3 Å². The molecule has 3 rings (SSSR count). The van der Waals surface area contributed by atoms with E-state index in [9.17, 15) is 4.79 Å². The molecule has 128 valence electrons. The van der Waals surface area contributed by atoms with Crippen LogP contribution in [0.4, 0.5) is 5.69 Å². The number of likely N-dealkylation sites (tertiary alicyclic amines) is 1. The number of nitrogens with two attached hydrogens (primary N) is 1. The van der Waals surface area contributed by atoms with E-state index in [4.69, 9.17) is 5.73 Å². The van der Waals surface area contributed by atoms with Gasteiger partial charge in [0.25, 0.3) is 0 Å². The number of rotatable bonds is 2. The van der Waals surface area contributed by atoms with Gasteiger partial charge in [0, 0.05) is 31.4 Å². The van der Waals surface area contributed by atoms with Gasteiger partial charge in [-0.1, -0.05) is 32.0 Å². The van der Waals surface area contributed by atoms with Crippen molar-refractivity contribution < 1.29 is 4.79 Å². The second-order valence-corrected chi connectivity index (χ2v) is 7.37. The smallest absolute Gasteiger partial charge is 0.241 e. The van der Waals surface area contributed by atoms with Crippen molar-refractivity contribution in [3.8, 4) is 0 Å². The molecule has 0 bridgehead atoms. The van der Waals surface area contributed by atoms with E-state index in [1.165, 1.54) is 5.56 Å². The van der Waals surface area contributed by atoms with E-state index in [2.05, 4.69) is 36.9 Å². The molecule has 1 unspecified atom stereocenters. The molecule has 23 heavy (non-hydrogen) atoms. The van der Waals surface area contributed by atoms with Gasteiger partial charge in [0.2, 0.25) is 5.91 Å². The van der Waals surface area contributed by atoms with Crippen molar-refractivity contribution >= 4 is 24.0 Å². The lowest BCUT2D eigenvalue weighted by Gasteiger charge is -2.43. The molecule has 1 aromatic carbocycles. The summed E-state index contributed by atoms with van der Waals surface area (Å²) in [7, 11) is 0. The molecule has 1 saturated heterocycles. The first-order valence-corrected chi connectivity index (χ1v) is 8.33. The van der Waals surface area contributed by atoms with Crippen molar-refractivity contribution in [1.29, 1.82) is 0 Å². The highest BCUT2D eigenvalue weighted by atomic mass is 35.5. The molecule has 2 aliphatic heterocycles. The Balaban J connectivity index is 0.00000192. The molecule has 5 heteroatoms. The van der Waals surface area contributed by atoms with Gasteiger partial charge >= 0.3 is 0 Å². The maximum absolute atomic E-state index is 12.8. The summed E-state index contributed by atoms with van der Waals surface area (Å²) < 4.78 is 0. The minimum absolute atomic E-state index is 0. The van der Waals surface area contributed by atoms with Gasteiger partial charge in [-0.3, -0.25) is 9.69 Å². The number of hydrogen-bond donors (Lipinski definition) is 1. The summed E-state index contributed by atoms with van der Waals surface area (Å²) >= 11 is 0. The van der Waals surface area contributed by atoms with E-state index < -0.39 is 0 Å². The number of halogens is 1.